The second-order valence-corrected chi connectivity index (χ2v) is 3.45. The lowest BCUT2D eigenvalue weighted by atomic mass is 10.2. The zero-order valence-corrected chi connectivity index (χ0v) is 9.73. The molecule has 0 heterocycles. The fourth-order valence-corrected chi connectivity index (χ4v) is 1.21. The third-order valence-electron chi connectivity index (χ3n) is 1.98. The van der Waals surface area contributed by atoms with Crippen LogP contribution in [0.5, 0.6) is 0 Å². The smallest absolute Gasteiger partial charge is 0.323 e. The summed E-state index contributed by atoms with van der Waals surface area (Å²) in [6, 6.07) is 1.60. The summed E-state index contributed by atoms with van der Waals surface area (Å²) in [6.45, 7) is -0.664. The Balaban J connectivity index is 2.94. The Morgan fingerprint density at radius 1 is 1.10 bits per heavy atom. The average Bonchev–Trinajstić information content (AvgIpc) is 2.35. The number of hydrogen-bond acceptors (Lipinski definition) is 6. The Morgan fingerprint density at radius 3 is 2.00 bits per heavy atom. The number of benzene rings is 1. The van der Waals surface area contributed by atoms with Crippen LogP contribution < -0.4 is 10.6 Å². The van der Waals surface area contributed by atoms with Crippen molar-refractivity contribution in [3.8, 4) is 0 Å². The number of anilines is 1. The predicted molar refractivity (Wildman–Crippen MR) is 64.4 cm³/mol. The summed E-state index contributed by atoms with van der Waals surface area (Å²) in [7, 11) is 0. The molecule has 0 aliphatic rings. The first kappa shape index (κ1) is 14.8. The number of rotatable bonds is 5. The summed E-state index contributed by atoms with van der Waals surface area (Å²) < 4.78 is 0. The number of carbonyl (C=O) groups is 2. The van der Waals surface area contributed by atoms with E-state index >= 15 is 0 Å². The maximum absolute atomic E-state index is 11.3. The van der Waals surface area contributed by atoms with E-state index in [4.69, 9.17) is 5.11 Å². The SMILES string of the molecule is O=C(O)CNC(=O)Nc1cc([N+](=O)[O-])cc([N+](=O)[O-])c1. The van der Waals surface area contributed by atoms with Gasteiger partial charge in [0, 0.05) is 12.1 Å². The fourth-order valence-electron chi connectivity index (χ4n) is 1.21. The van der Waals surface area contributed by atoms with Crippen molar-refractivity contribution < 1.29 is 24.5 Å². The third kappa shape index (κ3) is 4.21. The predicted octanol–water partition coefficient (Wildman–Crippen LogP) is 0.709. The molecule has 0 spiro atoms. The van der Waals surface area contributed by atoms with Gasteiger partial charge in [0.05, 0.1) is 21.6 Å². The van der Waals surface area contributed by atoms with Gasteiger partial charge in [-0.25, -0.2) is 4.79 Å². The van der Waals surface area contributed by atoms with E-state index in [2.05, 4.69) is 5.32 Å². The summed E-state index contributed by atoms with van der Waals surface area (Å²) in [6.07, 6.45) is 0. The van der Waals surface area contributed by atoms with Crippen molar-refractivity contribution in [2.45, 2.75) is 0 Å². The van der Waals surface area contributed by atoms with Gasteiger partial charge >= 0.3 is 12.0 Å². The molecule has 0 radical (unpaired) electrons. The van der Waals surface area contributed by atoms with E-state index in [1.54, 1.807) is 0 Å². The first-order valence-corrected chi connectivity index (χ1v) is 5.00. The van der Waals surface area contributed by atoms with Crippen LogP contribution in [0.4, 0.5) is 21.9 Å². The van der Waals surface area contributed by atoms with Crippen LogP contribution in [0.25, 0.3) is 0 Å². The number of amides is 2. The maximum atomic E-state index is 11.3. The molecule has 0 saturated heterocycles. The molecule has 0 unspecified atom stereocenters. The van der Waals surface area contributed by atoms with Crippen molar-refractivity contribution in [1.82, 2.24) is 5.32 Å². The number of carboxylic acids is 1. The van der Waals surface area contributed by atoms with E-state index in [-0.39, 0.29) is 5.69 Å². The number of non-ortho nitro benzene ring substituents is 2. The number of carboxylic acid groups (broad SMARTS) is 1. The molecule has 1 aromatic carbocycles. The number of nitro benzene ring substituents is 2. The molecule has 0 aromatic heterocycles. The van der Waals surface area contributed by atoms with Gasteiger partial charge < -0.3 is 15.7 Å². The van der Waals surface area contributed by atoms with Crippen LogP contribution in [0.2, 0.25) is 0 Å². The molecular weight excluding hydrogens is 276 g/mol. The van der Waals surface area contributed by atoms with Crippen LogP contribution in [-0.2, 0) is 4.79 Å². The number of hydrogen-bond donors (Lipinski definition) is 3. The second kappa shape index (κ2) is 6.08. The summed E-state index contributed by atoms with van der Waals surface area (Å²) in [5, 5.41) is 33.6. The largest absolute Gasteiger partial charge is 0.480 e. The molecule has 0 bridgehead atoms. The van der Waals surface area contributed by atoms with Crippen molar-refractivity contribution in [3.63, 3.8) is 0 Å². The summed E-state index contributed by atoms with van der Waals surface area (Å²) in [5.74, 6) is -1.29. The van der Waals surface area contributed by atoms with Crippen LogP contribution in [-0.4, -0.2) is 33.5 Å². The highest BCUT2D eigenvalue weighted by atomic mass is 16.6. The first-order valence-electron chi connectivity index (χ1n) is 5.00. The monoisotopic (exact) mass is 284 g/mol. The molecule has 0 fully saturated rings. The van der Waals surface area contributed by atoms with Gasteiger partial charge in [-0.1, -0.05) is 0 Å². The molecule has 11 nitrogen and oxygen atoms in total. The molecule has 0 aliphatic heterocycles. The van der Waals surface area contributed by atoms with Crippen molar-refractivity contribution in [1.29, 1.82) is 0 Å². The Kier molecular flexibility index (Phi) is 4.51. The number of nitro groups is 2. The van der Waals surface area contributed by atoms with E-state index in [1.807, 2.05) is 5.32 Å². The Bertz CT molecular complexity index is 553. The Labute approximate surface area is 110 Å². The number of carbonyl (C=O) groups excluding carboxylic acids is 1. The highest BCUT2D eigenvalue weighted by molar-refractivity contribution is 5.91. The van der Waals surface area contributed by atoms with Gasteiger partial charge in [0.2, 0.25) is 0 Å². The summed E-state index contributed by atoms with van der Waals surface area (Å²) in [5.41, 5.74) is -1.35. The molecule has 0 atom stereocenters. The van der Waals surface area contributed by atoms with E-state index in [9.17, 15) is 29.8 Å². The lowest BCUT2D eigenvalue weighted by Gasteiger charge is -2.05. The molecule has 20 heavy (non-hydrogen) atoms. The zero-order chi connectivity index (χ0) is 15.3. The van der Waals surface area contributed by atoms with Crippen molar-refractivity contribution in [2.24, 2.45) is 0 Å². The van der Waals surface area contributed by atoms with Crippen LogP contribution in [0.1, 0.15) is 0 Å². The highest BCUT2D eigenvalue weighted by Gasteiger charge is 2.17. The maximum Gasteiger partial charge on any atom is 0.323 e. The fraction of sp³-hybridized carbons (Fsp3) is 0.111. The Morgan fingerprint density at radius 2 is 1.60 bits per heavy atom. The van der Waals surface area contributed by atoms with Gasteiger partial charge in [0.15, 0.2) is 0 Å². The standard InChI is InChI=1S/C9H8N4O7/c14-8(15)4-10-9(16)11-5-1-6(12(17)18)3-7(2-5)13(19)20/h1-3H,4H2,(H,14,15)(H2,10,11,16). The van der Waals surface area contributed by atoms with Gasteiger partial charge in [0.1, 0.15) is 6.54 Å². The van der Waals surface area contributed by atoms with Gasteiger partial charge in [-0.15, -0.1) is 0 Å². The molecule has 3 N–H and O–H groups in total. The minimum Gasteiger partial charge on any atom is -0.480 e. The van der Waals surface area contributed by atoms with Crippen LogP contribution >= 0.6 is 0 Å². The minimum atomic E-state index is -1.29. The van der Waals surface area contributed by atoms with Crippen LogP contribution in [0, 0.1) is 20.2 Å². The number of nitrogens with one attached hydrogen (secondary N) is 2. The first-order chi connectivity index (χ1) is 9.29. The summed E-state index contributed by atoms with van der Waals surface area (Å²) in [4.78, 5) is 41.0. The van der Waals surface area contributed by atoms with Crippen LogP contribution in [0.3, 0.4) is 0 Å². The quantitative estimate of drug-likeness (QED) is 0.528. The number of nitrogens with zero attached hydrogens (tertiary/aromatic N) is 2. The number of urea groups is 1. The second-order valence-electron chi connectivity index (χ2n) is 3.45. The number of aliphatic carboxylic acids is 1. The molecular formula is C9H8N4O7. The molecule has 1 rings (SSSR count). The van der Waals surface area contributed by atoms with E-state index in [0.717, 1.165) is 18.2 Å². The Hall–Kier alpha value is -3.24. The van der Waals surface area contributed by atoms with Crippen molar-refractivity contribution in [2.75, 3.05) is 11.9 Å². The van der Waals surface area contributed by atoms with E-state index in [1.165, 1.54) is 0 Å². The van der Waals surface area contributed by atoms with E-state index in [0.29, 0.717) is 0 Å². The molecule has 0 aliphatic carbocycles. The van der Waals surface area contributed by atoms with E-state index < -0.39 is 39.8 Å². The van der Waals surface area contributed by atoms with Gasteiger partial charge in [0.25, 0.3) is 11.4 Å². The van der Waals surface area contributed by atoms with Crippen molar-refractivity contribution in [3.05, 3.63) is 38.4 Å². The van der Waals surface area contributed by atoms with Gasteiger partial charge in [-0.2, -0.15) is 0 Å². The molecule has 11 heteroatoms. The highest BCUT2D eigenvalue weighted by Crippen LogP contribution is 2.25. The molecule has 0 saturated carbocycles. The molecule has 2 amide bonds. The topological polar surface area (TPSA) is 165 Å². The zero-order valence-electron chi connectivity index (χ0n) is 9.73. The van der Waals surface area contributed by atoms with Crippen LogP contribution in [0.15, 0.2) is 18.2 Å². The lowest BCUT2D eigenvalue weighted by Crippen LogP contribution is -2.33. The average molecular weight is 284 g/mol. The normalized spacial score (nSPS) is 9.60. The molecule has 106 valence electrons. The minimum absolute atomic E-state index is 0.200. The van der Waals surface area contributed by atoms with Gasteiger partial charge in [-0.05, 0) is 0 Å². The van der Waals surface area contributed by atoms with Crippen molar-refractivity contribution >= 4 is 29.1 Å². The summed E-state index contributed by atoms with van der Waals surface area (Å²) >= 11 is 0. The van der Waals surface area contributed by atoms with Gasteiger partial charge in [-0.3, -0.25) is 25.0 Å². The molecule has 1 aromatic rings. The third-order valence-corrected chi connectivity index (χ3v) is 1.98. The lowest BCUT2D eigenvalue weighted by molar-refractivity contribution is -0.394.